The molecule has 124 valence electrons. The Kier molecular flexibility index (Phi) is 6.75. The van der Waals surface area contributed by atoms with E-state index in [2.05, 4.69) is 26.2 Å². The Morgan fingerprint density at radius 3 is 2.27 bits per heavy atom. The van der Waals surface area contributed by atoms with E-state index < -0.39 is 11.8 Å². The van der Waals surface area contributed by atoms with Crippen molar-refractivity contribution in [1.29, 1.82) is 0 Å². The van der Waals surface area contributed by atoms with E-state index in [0.717, 1.165) is 39.3 Å². The Morgan fingerprint density at radius 1 is 0.955 bits per heavy atom. The highest BCUT2D eigenvalue weighted by atomic mass is 16.2. The lowest BCUT2D eigenvalue weighted by atomic mass is 9.97. The van der Waals surface area contributed by atoms with Gasteiger partial charge in [0.2, 0.25) is 5.91 Å². The van der Waals surface area contributed by atoms with Crippen LogP contribution < -0.4 is 21.3 Å². The fraction of sp³-hybridized carbons (Fsp3) is 0.786. The number of carbonyl (C=O) groups excluding carboxylic acids is 3. The van der Waals surface area contributed by atoms with Crippen LogP contribution in [0.1, 0.15) is 12.8 Å². The number of piperazine rings is 1. The van der Waals surface area contributed by atoms with E-state index >= 15 is 0 Å². The molecule has 22 heavy (non-hydrogen) atoms. The summed E-state index contributed by atoms with van der Waals surface area (Å²) < 4.78 is 0. The topological polar surface area (TPSA) is 103 Å². The van der Waals surface area contributed by atoms with Crippen molar-refractivity contribution >= 4 is 17.7 Å². The van der Waals surface area contributed by atoms with Crippen molar-refractivity contribution in [3.63, 3.8) is 0 Å². The fourth-order valence-corrected chi connectivity index (χ4v) is 2.70. The van der Waals surface area contributed by atoms with Crippen LogP contribution in [-0.4, -0.2) is 75.0 Å². The van der Waals surface area contributed by atoms with Gasteiger partial charge in [-0.1, -0.05) is 0 Å². The molecule has 4 N–H and O–H groups in total. The van der Waals surface area contributed by atoms with Gasteiger partial charge in [0.25, 0.3) is 0 Å². The van der Waals surface area contributed by atoms with Gasteiger partial charge in [0, 0.05) is 45.2 Å². The van der Waals surface area contributed by atoms with Gasteiger partial charge in [-0.25, -0.2) is 0 Å². The summed E-state index contributed by atoms with van der Waals surface area (Å²) in [6.07, 6.45) is 1.40. The molecule has 2 saturated heterocycles. The zero-order chi connectivity index (χ0) is 15.8. The second-order valence-corrected chi connectivity index (χ2v) is 5.69. The smallest absolute Gasteiger partial charge is 0.315 e. The molecule has 0 saturated carbocycles. The van der Waals surface area contributed by atoms with Gasteiger partial charge in [-0.15, -0.1) is 0 Å². The van der Waals surface area contributed by atoms with Gasteiger partial charge < -0.3 is 16.0 Å². The summed E-state index contributed by atoms with van der Waals surface area (Å²) in [4.78, 5) is 37.5. The third kappa shape index (κ3) is 5.36. The number of nitrogens with one attached hydrogen (secondary N) is 4. The summed E-state index contributed by atoms with van der Waals surface area (Å²) in [5.74, 6) is -2.12. The van der Waals surface area contributed by atoms with Gasteiger partial charge in [-0.3, -0.25) is 24.6 Å². The first-order chi connectivity index (χ1) is 10.7. The van der Waals surface area contributed by atoms with Crippen molar-refractivity contribution < 1.29 is 14.4 Å². The minimum Gasteiger partial charge on any atom is -0.347 e. The van der Waals surface area contributed by atoms with Crippen LogP contribution in [0.2, 0.25) is 0 Å². The van der Waals surface area contributed by atoms with Crippen molar-refractivity contribution in [2.24, 2.45) is 5.92 Å². The molecule has 2 heterocycles. The molecule has 0 bridgehead atoms. The predicted molar refractivity (Wildman–Crippen MR) is 81.1 cm³/mol. The molecule has 0 aromatic carbocycles. The normalized spacial score (nSPS) is 20.4. The quantitative estimate of drug-likeness (QED) is 0.434. The largest absolute Gasteiger partial charge is 0.347 e. The van der Waals surface area contributed by atoms with Crippen molar-refractivity contribution in [2.45, 2.75) is 12.8 Å². The Morgan fingerprint density at radius 2 is 1.59 bits per heavy atom. The van der Waals surface area contributed by atoms with Crippen molar-refractivity contribution in [3.05, 3.63) is 0 Å². The second kappa shape index (κ2) is 8.82. The van der Waals surface area contributed by atoms with Crippen molar-refractivity contribution in [1.82, 2.24) is 26.2 Å². The van der Waals surface area contributed by atoms with E-state index in [9.17, 15) is 14.4 Å². The van der Waals surface area contributed by atoms with Crippen molar-refractivity contribution in [3.8, 4) is 0 Å². The van der Waals surface area contributed by atoms with Crippen LogP contribution in [0.25, 0.3) is 0 Å². The Hall–Kier alpha value is -1.51. The monoisotopic (exact) mass is 311 g/mol. The number of hydrogen-bond donors (Lipinski definition) is 4. The van der Waals surface area contributed by atoms with E-state index in [1.165, 1.54) is 0 Å². The Labute approximate surface area is 130 Å². The zero-order valence-electron chi connectivity index (χ0n) is 12.8. The molecule has 0 atom stereocenters. The summed E-state index contributed by atoms with van der Waals surface area (Å²) in [6.45, 7) is 6.42. The number of imide groups is 1. The predicted octanol–water partition coefficient (Wildman–Crippen LogP) is -2.35. The molecule has 0 aliphatic carbocycles. The highest BCUT2D eigenvalue weighted by Crippen LogP contribution is 2.10. The molecule has 8 heteroatoms. The van der Waals surface area contributed by atoms with Gasteiger partial charge >= 0.3 is 11.8 Å². The summed E-state index contributed by atoms with van der Waals surface area (Å²) >= 11 is 0. The standard InChI is InChI=1S/C14H25N5O3/c20-12(11-1-3-15-4-2-11)18-14(22)13(21)17-7-10-19-8-5-16-6-9-19/h11,15-16H,1-10H2,(H,17,21)(H,18,20,22). The van der Waals surface area contributed by atoms with Crippen LogP contribution in [0.5, 0.6) is 0 Å². The molecule has 0 spiro atoms. The number of nitrogens with zero attached hydrogens (tertiary/aromatic N) is 1. The SMILES string of the molecule is O=C(NCCN1CCNCC1)C(=O)NC(=O)C1CCNCC1. The summed E-state index contributed by atoms with van der Waals surface area (Å²) in [5.41, 5.74) is 0. The highest BCUT2D eigenvalue weighted by Gasteiger charge is 2.24. The van der Waals surface area contributed by atoms with Crippen molar-refractivity contribution in [2.75, 3.05) is 52.4 Å². The summed E-state index contributed by atoms with van der Waals surface area (Å²) in [6, 6.07) is 0. The van der Waals surface area contributed by atoms with Crippen LogP contribution >= 0.6 is 0 Å². The third-order valence-electron chi connectivity index (χ3n) is 4.08. The molecule has 2 rings (SSSR count). The lowest BCUT2D eigenvalue weighted by Crippen LogP contribution is -2.49. The molecule has 8 nitrogen and oxygen atoms in total. The molecule has 0 unspecified atom stereocenters. The van der Waals surface area contributed by atoms with E-state index in [1.54, 1.807) is 0 Å². The van der Waals surface area contributed by atoms with E-state index in [4.69, 9.17) is 0 Å². The Bertz CT molecular complexity index is 403. The summed E-state index contributed by atoms with van der Waals surface area (Å²) in [7, 11) is 0. The van der Waals surface area contributed by atoms with Gasteiger partial charge in [-0.05, 0) is 25.9 Å². The van der Waals surface area contributed by atoms with Crippen LogP contribution in [0.15, 0.2) is 0 Å². The minimum absolute atomic E-state index is 0.182. The van der Waals surface area contributed by atoms with Crippen LogP contribution in [-0.2, 0) is 14.4 Å². The average Bonchev–Trinajstić information content (AvgIpc) is 2.56. The number of carbonyl (C=O) groups is 3. The lowest BCUT2D eigenvalue weighted by molar-refractivity contribution is -0.143. The first kappa shape index (κ1) is 16.9. The molecule has 2 aliphatic heterocycles. The minimum atomic E-state index is -0.858. The maximum Gasteiger partial charge on any atom is 0.315 e. The van der Waals surface area contributed by atoms with Gasteiger partial charge in [0.15, 0.2) is 0 Å². The molecule has 2 aliphatic rings. The first-order valence-electron chi connectivity index (χ1n) is 7.93. The number of piperidine rings is 1. The summed E-state index contributed by atoms with van der Waals surface area (Å²) in [5, 5.41) is 11.2. The van der Waals surface area contributed by atoms with E-state index in [-0.39, 0.29) is 11.8 Å². The van der Waals surface area contributed by atoms with Crippen LogP contribution in [0.3, 0.4) is 0 Å². The molecule has 0 aromatic rings. The molecule has 0 aromatic heterocycles. The zero-order valence-corrected chi connectivity index (χ0v) is 12.8. The Balaban J connectivity index is 1.63. The number of rotatable bonds is 4. The molecule has 3 amide bonds. The highest BCUT2D eigenvalue weighted by molar-refractivity contribution is 6.37. The number of amides is 3. The lowest BCUT2D eigenvalue weighted by Gasteiger charge is -2.27. The van der Waals surface area contributed by atoms with Gasteiger partial charge in [0.1, 0.15) is 0 Å². The van der Waals surface area contributed by atoms with E-state index in [0.29, 0.717) is 25.9 Å². The molecular formula is C14H25N5O3. The maximum absolute atomic E-state index is 11.9. The number of hydrogen-bond acceptors (Lipinski definition) is 6. The second-order valence-electron chi connectivity index (χ2n) is 5.69. The third-order valence-corrected chi connectivity index (χ3v) is 4.08. The average molecular weight is 311 g/mol. The molecule has 0 radical (unpaired) electrons. The molecule has 2 fully saturated rings. The maximum atomic E-state index is 11.9. The fourth-order valence-electron chi connectivity index (χ4n) is 2.70. The van der Waals surface area contributed by atoms with Crippen LogP contribution in [0, 0.1) is 5.92 Å². The van der Waals surface area contributed by atoms with Gasteiger partial charge in [0.05, 0.1) is 0 Å². The molecular weight excluding hydrogens is 286 g/mol. The van der Waals surface area contributed by atoms with Crippen LogP contribution in [0.4, 0.5) is 0 Å². The van der Waals surface area contributed by atoms with Gasteiger partial charge in [-0.2, -0.15) is 0 Å². The van der Waals surface area contributed by atoms with E-state index in [1.807, 2.05) is 0 Å². The first-order valence-corrected chi connectivity index (χ1v) is 7.93.